The topological polar surface area (TPSA) is 65.2 Å². The molecule has 0 saturated heterocycles. The molecule has 32 heavy (non-hydrogen) atoms. The number of nitrogens with zero attached hydrogens (tertiary/aromatic N) is 1. The van der Waals surface area contributed by atoms with Gasteiger partial charge in [0.2, 0.25) is 5.91 Å². The molecule has 1 fully saturated rings. The minimum absolute atomic E-state index is 0.101. The van der Waals surface area contributed by atoms with Crippen LogP contribution in [0.4, 0.5) is 0 Å². The first-order chi connectivity index (χ1) is 15.6. The van der Waals surface area contributed by atoms with Gasteiger partial charge in [-0.15, -0.1) is 0 Å². The summed E-state index contributed by atoms with van der Waals surface area (Å²) in [6.45, 7) is 2.54. The van der Waals surface area contributed by atoms with Crippen molar-refractivity contribution in [1.29, 1.82) is 0 Å². The lowest BCUT2D eigenvalue weighted by Gasteiger charge is -2.32. The van der Waals surface area contributed by atoms with Crippen molar-refractivity contribution in [2.45, 2.75) is 57.5 Å². The van der Waals surface area contributed by atoms with Crippen molar-refractivity contribution in [1.82, 2.24) is 15.2 Å². The van der Waals surface area contributed by atoms with Crippen LogP contribution >= 0.6 is 22.6 Å². The summed E-state index contributed by atoms with van der Waals surface area (Å²) >= 11 is 2.19. The number of carbonyl (C=O) groups is 2. The second kappa shape index (κ2) is 10.5. The molecule has 2 aromatic carbocycles. The largest absolute Gasteiger partial charge is 0.356 e. The molecule has 1 atom stereocenters. The lowest BCUT2D eigenvalue weighted by Crippen LogP contribution is -2.47. The van der Waals surface area contributed by atoms with Gasteiger partial charge < -0.3 is 15.2 Å². The molecule has 1 aliphatic rings. The van der Waals surface area contributed by atoms with E-state index in [0.29, 0.717) is 12.1 Å². The first-order valence-corrected chi connectivity index (χ1v) is 12.6. The minimum atomic E-state index is -0.701. The van der Waals surface area contributed by atoms with E-state index in [2.05, 4.69) is 32.9 Å². The van der Waals surface area contributed by atoms with E-state index in [-0.39, 0.29) is 17.9 Å². The highest BCUT2D eigenvalue weighted by atomic mass is 127. The Labute approximate surface area is 203 Å². The number of hydrogen-bond donors (Lipinski definition) is 2. The second-order valence-corrected chi connectivity index (χ2v) is 9.70. The van der Waals surface area contributed by atoms with Crippen LogP contribution in [0.5, 0.6) is 0 Å². The summed E-state index contributed by atoms with van der Waals surface area (Å²) in [5, 5.41) is 4.31. The molecular weight excluding hydrogens is 513 g/mol. The van der Waals surface area contributed by atoms with Gasteiger partial charge in [0.15, 0.2) is 6.04 Å². The van der Waals surface area contributed by atoms with Gasteiger partial charge in [-0.05, 0) is 71.5 Å². The molecule has 4 rings (SSSR count). The highest BCUT2D eigenvalue weighted by Crippen LogP contribution is 2.29. The van der Waals surface area contributed by atoms with E-state index < -0.39 is 6.04 Å². The van der Waals surface area contributed by atoms with Crippen LogP contribution < -0.4 is 5.32 Å². The summed E-state index contributed by atoms with van der Waals surface area (Å²) in [5.41, 5.74) is 2.36. The number of aromatic nitrogens is 1. The molecule has 1 aliphatic carbocycles. The molecule has 6 heteroatoms. The number of rotatable bonds is 7. The Balaban J connectivity index is 1.73. The average Bonchev–Trinajstić information content (AvgIpc) is 3.23. The molecule has 1 heterocycles. The van der Waals surface area contributed by atoms with Gasteiger partial charge >= 0.3 is 0 Å². The molecule has 5 nitrogen and oxygen atoms in total. The van der Waals surface area contributed by atoms with Crippen molar-refractivity contribution < 1.29 is 9.59 Å². The lowest BCUT2D eigenvalue weighted by atomic mass is 9.95. The molecule has 1 unspecified atom stereocenters. The van der Waals surface area contributed by atoms with Gasteiger partial charge in [-0.1, -0.05) is 56.5 Å². The van der Waals surface area contributed by atoms with E-state index in [9.17, 15) is 9.59 Å². The van der Waals surface area contributed by atoms with Gasteiger partial charge in [0, 0.05) is 27.4 Å². The van der Waals surface area contributed by atoms with E-state index in [1.54, 1.807) is 4.90 Å². The van der Waals surface area contributed by atoms with E-state index in [1.165, 1.54) is 6.42 Å². The van der Waals surface area contributed by atoms with Crippen LogP contribution in [0.2, 0.25) is 0 Å². The number of halogens is 1. The van der Waals surface area contributed by atoms with Gasteiger partial charge in [-0.3, -0.25) is 9.59 Å². The third kappa shape index (κ3) is 5.00. The molecule has 2 amide bonds. The molecule has 0 spiro atoms. The highest BCUT2D eigenvalue weighted by Gasteiger charge is 2.34. The number of benzene rings is 2. The van der Waals surface area contributed by atoms with Crippen LogP contribution in [-0.2, 0) is 4.79 Å². The number of amides is 2. The van der Waals surface area contributed by atoms with E-state index in [1.807, 2.05) is 61.5 Å². The second-order valence-electron chi connectivity index (χ2n) is 8.54. The number of hydrogen-bond acceptors (Lipinski definition) is 2. The predicted molar refractivity (Wildman–Crippen MR) is 137 cm³/mol. The normalized spacial score (nSPS) is 15.4. The fourth-order valence-electron chi connectivity index (χ4n) is 4.60. The maximum absolute atomic E-state index is 13.7. The summed E-state index contributed by atoms with van der Waals surface area (Å²) < 4.78 is 0.888. The lowest BCUT2D eigenvalue weighted by molar-refractivity contribution is -0.127. The van der Waals surface area contributed by atoms with E-state index in [4.69, 9.17) is 0 Å². The van der Waals surface area contributed by atoms with Crippen LogP contribution in [0, 0.1) is 3.57 Å². The fraction of sp³-hybridized carbons (Fsp3) is 0.385. The zero-order valence-corrected chi connectivity index (χ0v) is 20.6. The van der Waals surface area contributed by atoms with Crippen molar-refractivity contribution in [2.75, 3.05) is 6.54 Å². The van der Waals surface area contributed by atoms with Crippen LogP contribution in [0.1, 0.15) is 67.5 Å². The number of carbonyl (C=O) groups excluding carboxylic acids is 2. The van der Waals surface area contributed by atoms with Gasteiger partial charge in [0.25, 0.3) is 5.91 Å². The fourth-order valence-corrected chi connectivity index (χ4v) is 5.22. The van der Waals surface area contributed by atoms with Crippen LogP contribution in [0.3, 0.4) is 0 Å². The average molecular weight is 543 g/mol. The standard InChI is InChI=1S/C26H30IN3O2/c1-2-16-30(26(32)20-13-7-8-14-21(20)27)24(25(31)28-19-11-4-3-5-12-19)23-17-18-10-6-9-15-22(18)29-23/h6-10,13-15,17,19,24,29H,2-5,11-12,16H2,1H3,(H,28,31). The van der Waals surface area contributed by atoms with Gasteiger partial charge in [0.1, 0.15) is 0 Å². The number of H-pyrrole nitrogens is 1. The van der Waals surface area contributed by atoms with Crippen molar-refractivity contribution >= 4 is 45.3 Å². The molecule has 0 bridgehead atoms. The van der Waals surface area contributed by atoms with Crippen molar-refractivity contribution in [2.24, 2.45) is 0 Å². The molecule has 3 aromatic rings. The molecule has 0 radical (unpaired) electrons. The van der Waals surface area contributed by atoms with Crippen molar-refractivity contribution in [3.05, 3.63) is 69.4 Å². The third-order valence-electron chi connectivity index (χ3n) is 6.19. The van der Waals surface area contributed by atoms with Crippen LogP contribution in [-0.4, -0.2) is 34.3 Å². The van der Waals surface area contributed by atoms with Crippen LogP contribution in [0.25, 0.3) is 10.9 Å². The molecular formula is C26H30IN3O2. The van der Waals surface area contributed by atoms with Crippen LogP contribution in [0.15, 0.2) is 54.6 Å². The first-order valence-electron chi connectivity index (χ1n) is 11.5. The molecule has 1 saturated carbocycles. The zero-order chi connectivity index (χ0) is 22.5. The van der Waals surface area contributed by atoms with Gasteiger partial charge in [-0.2, -0.15) is 0 Å². The SMILES string of the molecule is CCCN(C(=O)c1ccccc1I)C(C(=O)NC1CCCCC1)c1cc2ccccc2[nH]1. The summed E-state index contributed by atoms with van der Waals surface area (Å²) in [7, 11) is 0. The molecule has 168 valence electrons. The summed E-state index contributed by atoms with van der Waals surface area (Å²) in [6.07, 6.45) is 6.28. The summed E-state index contributed by atoms with van der Waals surface area (Å²) in [4.78, 5) is 32.6. The third-order valence-corrected chi connectivity index (χ3v) is 7.13. The van der Waals surface area contributed by atoms with E-state index >= 15 is 0 Å². The van der Waals surface area contributed by atoms with E-state index in [0.717, 1.165) is 52.3 Å². The molecule has 2 N–H and O–H groups in total. The maximum atomic E-state index is 13.7. The zero-order valence-electron chi connectivity index (χ0n) is 18.4. The Hall–Kier alpha value is -2.35. The maximum Gasteiger partial charge on any atom is 0.255 e. The quantitative estimate of drug-likeness (QED) is 0.369. The number of aromatic amines is 1. The molecule has 1 aromatic heterocycles. The van der Waals surface area contributed by atoms with Gasteiger partial charge in [0.05, 0.1) is 5.56 Å². The summed E-state index contributed by atoms with van der Waals surface area (Å²) in [6, 6.07) is 17.0. The highest BCUT2D eigenvalue weighted by molar-refractivity contribution is 14.1. The Kier molecular flexibility index (Phi) is 7.50. The minimum Gasteiger partial charge on any atom is -0.356 e. The Morgan fingerprint density at radius 1 is 1.09 bits per heavy atom. The predicted octanol–water partition coefficient (Wildman–Crippen LogP) is 5.81. The number of nitrogens with one attached hydrogen (secondary N) is 2. The molecule has 0 aliphatic heterocycles. The van der Waals surface area contributed by atoms with Crippen molar-refractivity contribution in [3.8, 4) is 0 Å². The number of para-hydroxylation sites is 1. The first kappa shape index (κ1) is 22.8. The monoisotopic (exact) mass is 543 g/mol. The Morgan fingerprint density at radius 2 is 1.81 bits per heavy atom. The van der Waals surface area contributed by atoms with Gasteiger partial charge in [-0.25, -0.2) is 0 Å². The smallest absolute Gasteiger partial charge is 0.255 e. The van der Waals surface area contributed by atoms with Crippen molar-refractivity contribution in [3.63, 3.8) is 0 Å². The Morgan fingerprint density at radius 3 is 2.53 bits per heavy atom. The Bertz CT molecular complexity index is 1050. The summed E-state index contributed by atoms with van der Waals surface area (Å²) in [5.74, 6) is -0.213. The number of fused-ring (bicyclic) bond motifs is 1.